The number of benzene rings is 1. The second-order valence-corrected chi connectivity index (χ2v) is 17.2. The van der Waals surface area contributed by atoms with E-state index in [-0.39, 0.29) is 18.3 Å². The molecule has 0 bridgehead atoms. The largest absolute Gasteiger partial charge is 0.445 e. The van der Waals surface area contributed by atoms with Crippen molar-refractivity contribution >= 4 is 6.09 Å². The fraction of sp³-hybridized carbons (Fsp3) is 0.712. The minimum Gasteiger partial charge on any atom is -0.445 e. The Balaban J connectivity index is 1.33. The number of hydrogen-bond acceptors (Lipinski definition) is 4. The number of unbranched alkanes of at least 4 members (excludes halogenated alkanes) is 18. The molecule has 1 aromatic carbocycles. The van der Waals surface area contributed by atoms with E-state index in [9.17, 15) is 4.79 Å². The molecule has 5 nitrogen and oxygen atoms in total. The number of carbonyl (C=O) groups excluding carboxylic acids is 1. The van der Waals surface area contributed by atoms with Gasteiger partial charge in [-0.05, 0) is 101 Å². The Labute approximate surface area is 351 Å². The van der Waals surface area contributed by atoms with Crippen LogP contribution in [0.3, 0.4) is 0 Å². The lowest BCUT2D eigenvalue weighted by Crippen LogP contribution is -2.34. The van der Waals surface area contributed by atoms with Crippen LogP contribution in [0.15, 0.2) is 78.9 Å². The molecule has 57 heavy (non-hydrogen) atoms. The Kier molecular flexibility index (Phi) is 27.6. The van der Waals surface area contributed by atoms with Gasteiger partial charge in [0, 0.05) is 26.4 Å². The number of ether oxygens (including phenoxy) is 3. The van der Waals surface area contributed by atoms with Gasteiger partial charge in [0.15, 0.2) is 5.79 Å². The molecule has 2 fully saturated rings. The molecule has 1 saturated heterocycles. The van der Waals surface area contributed by atoms with Crippen LogP contribution >= 0.6 is 0 Å². The predicted molar refractivity (Wildman–Crippen MR) is 242 cm³/mol. The molecule has 2 aliphatic rings. The fourth-order valence-electron chi connectivity index (χ4n) is 8.45. The van der Waals surface area contributed by atoms with Crippen molar-refractivity contribution in [2.75, 3.05) is 13.6 Å². The highest BCUT2D eigenvalue weighted by molar-refractivity contribution is 5.67. The summed E-state index contributed by atoms with van der Waals surface area (Å²) in [5.41, 5.74) is 1.01. The molecule has 1 amide bonds. The van der Waals surface area contributed by atoms with Crippen LogP contribution in [0.4, 0.5) is 4.79 Å². The second-order valence-electron chi connectivity index (χ2n) is 17.2. The number of rotatable bonds is 34. The van der Waals surface area contributed by atoms with E-state index in [1.807, 2.05) is 37.4 Å². The maximum absolute atomic E-state index is 12.7. The first-order valence-electron chi connectivity index (χ1n) is 23.9. The predicted octanol–water partition coefficient (Wildman–Crippen LogP) is 15.6. The van der Waals surface area contributed by atoms with E-state index in [0.717, 1.165) is 44.1 Å². The van der Waals surface area contributed by atoms with E-state index >= 15 is 0 Å². The van der Waals surface area contributed by atoms with E-state index in [0.29, 0.717) is 19.1 Å². The minimum atomic E-state index is -0.425. The summed E-state index contributed by atoms with van der Waals surface area (Å²) in [4.78, 5) is 14.5. The van der Waals surface area contributed by atoms with Crippen LogP contribution in [0.25, 0.3) is 0 Å². The molecular formula is C52H85NO4. The smallest absolute Gasteiger partial charge is 0.409 e. The van der Waals surface area contributed by atoms with Crippen molar-refractivity contribution < 1.29 is 19.0 Å². The molecule has 5 heteroatoms. The van der Waals surface area contributed by atoms with Crippen molar-refractivity contribution in [3.8, 4) is 0 Å². The first-order valence-corrected chi connectivity index (χ1v) is 23.9. The average Bonchev–Trinajstić information content (AvgIpc) is 3.75. The van der Waals surface area contributed by atoms with Crippen LogP contribution in [0.1, 0.15) is 199 Å². The second kappa shape index (κ2) is 32.2. The van der Waals surface area contributed by atoms with Gasteiger partial charge in [-0.15, -0.1) is 0 Å². The van der Waals surface area contributed by atoms with E-state index < -0.39 is 5.79 Å². The van der Waals surface area contributed by atoms with Crippen molar-refractivity contribution in [1.82, 2.24) is 4.90 Å². The third kappa shape index (κ3) is 22.9. The van der Waals surface area contributed by atoms with Gasteiger partial charge in [0.2, 0.25) is 0 Å². The van der Waals surface area contributed by atoms with Crippen LogP contribution in [0, 0.1) is 5.92 Å². The van der Waals surface area contributed by atoms with E-state index in [2.05, 4.69) is 62.5 Å². The van der Waals surface area contributed by atoms with Crippen molar-refractivity contribution in [2.45, 2.75) is 218 Å². The molecule has 1 saturated carbocycles. The number of hydrogen-bond donors (Lipinski definition) is 0. The summed E-state index contributed by atoms with van der Waals surface area (Å²) in [6.45, 7) is 5.51. The van der Waals surface area contributed by atoms with Gasteiger partial charge in [-0.3, -0.25) is 0 Å². The van der Waals surface area contributed by atoms with Crippen LogP contribution in [-0.2, 0) is 20.8 Å². The minimum absolute atomic E-state index is 0.137. The monoisotopic (exact) mass is 788 g/mol. The summed E-state index contributed by atoms with van der Waals surface area (Å²) in [6, 6.07) is 9.89. The van der Waals surface area contributed by atoms with Crippen LogP contribution in [0.2, 0.25) is 0 Å². The quantitative estimate of drug-likeness (QED) is 0.0516. The Morgan fingerprint density at radius 3 is 1.49 bits per heavy atom. The zero-order chi connectivity index (χ0) is 40.5. The number of allylic oxidation sites excluding steroid dienone is 8. The van der Waals surface area contributed by atoms with Gasteiger partial charge < -0.3 is 19.1 Å². The van der Waals surface area contributed by atoms with Gasteiger partial charge in [-0.2, -0.15) is 0 Å². The molecule has 1 heterocycles. The standard InChI is InChI=1S/C52H85NO4/c1-4-6-8-10-12-14-16-18-20-22-24-26-28-30-32-37-41-52(42-38-33-31-29-27-25-23-21-19-17-15-13-11-9-7-5-2)56-49-43-48(44-50(49)57-52)45-53(3)51(54)55-46-47-39-35-34-36-40-47/h12-15,18-21,34-36,39-40,48-50H,4-11,16-17,22-33,37-38,41-46H2,1-3H3/b14-12-,15-13-,20-18-,21-19-/t48?,49-,50+. The fourth-order valence-corrected chi connectivity index (χ4v) is 8.45. The molecule has 1 unspecified atom stereocenters. The summed E-state index contributed by atoms with van der Waals surface area (Å²) in [6.07, 6.45) is 53.0. The molecule has 1 aliphatic carbocycles. The third-order valence-corrected chi connectivity index (χ3v) is 11.8. The Morgan fingerprint density at radius 2 is 1.04 bits per heavy atom. The maximum atomic E-state index is 12.7. The molecule has 0 radical (unpaired) electrons. The number of nitrogens with zero attached hydrogens (tertiary/aromatic N) is 1. The number of carbonyl (C=O) groups is 1. The lowest BCUT2D eigenvalue weighted by Gasteiger charge is -2.30. The topological polar surface area (TPSA) is 48.0 Å². The van der Waals surface area contributed by atoms with E-state index in [4.69, 9.17) is 14.2 Å². The molecule has 0 aromatic heterocycles. The molecule has 0 N–H and O–H groups in total. The molecule has 1 aromatic rings. The van der Waals surface area contributed by atoms with Crippen molar-refractivity contribution in [3.05, 3.63) is 84.5 Å². The highest BCUT2D eigenvalue weighted by atomic mass is 16.8. The van der Waals surface area contributed by atoms with Gasteiger partial charge >= 0.3 is 6.09 Å². The summed E-state index contributed by atoms with van der Waals surface area (Å²) < 4.78 is 19.4. The maximum Gasteiger partial charge on any atom is 0.409 e. The van der Waals surface area contributed by atoms with Gasteiger partial charge in [-0.1, -0.05) is 170 Å². The molecule has 322 valence electrons. The first-order chi connectivity index (χ1) is 28.0. The highest BCUT2D eigenvalue weighted by Crippen LogP contribution is 2.45. The van der Waals surface area contributed by atoms with Gasteiger partial charge in [-0.25, -0.2) is 4.79 Å². The summed E-state index contributed by atoms with van der Waals surface area (Å²) in [5.74, 6) is -0.0540. The Bertz CT molecular complexity index is 1170. The van der Waals surface area contributed by atoms with Crippen LogP contribution in [-0.4, -0.2) is 42.6 Å². The summed E-state index contributed by atoms with van der Waals surface area (Å²) in [7, 11) is 1.85. The van der Waals surface area contributed by atoms with Gasteiger partial charge in [0.25, 0.3) is 0 Å². The third-order valence-electron chi connectivity index (χ3n) is 11.8. The number of fused-ring (bicyclic) bond motifs is 1. The van der Waals surface area contributed by atoms with Crippen molar-refractivity contribution in [3.63, 3.8) is 0 Å². The Morgan fingerprint density at radius 1 is 0.614 bits per heavy atom. The van der Waals surface area contributed by atoms with Crippen LogP contribution < -0.4 is 0 Å². The average molecular weight is 788 g/mol. The normalized spacial score (nSPS) is 19.2. The summed E-state index contributed by atoms with van der Waals surface area (Å²) >= 11 is 0. The molecular weight excluding hydrogens is 703 g/mol. The van der Waals surface area contributed by atoms with E-state index in [1.165, 1.54) is 141 Å². The SMILES string of the molecule is CCCCC/C=C\C/C=C\CCCCCCCCC1(CCCCCCCC/C=C\C/C=C\CCCCC)O[C@H]2CC(CN(C)C(=O)OCc3ccccc3)C[C@H]2O1. The summed E-state index contributed by atoms with van der Waals surface area (Å²) in [5, 5.41) is 0. The lowest BCUT2D eigenvalue weighted by molar-refractivity contribution is -0.193. The molecule has 0 spiro atoms. The zero-order valence-corrected chi connectivity index (χ0v) is 37.0. The van der Waals surface area contributed by atoms with Gasteiger partial charge in [0.1, 0.15) is 6.61 Å². The Hall–Kier alpha value is -2.63. The lowest BCUT2D eigenvalue weighted by atomic mass is 9.98. The first kappa shape index (κ1) is 48.7. The molecule has 3 rings (SSSR count). The van der Waals surface area contributed by atoms with Crippen molar-refractivity contribution in [2.24, 2.45) is 5.92 Å². The van der Waals surface area contributed by atoms with Crippen LogP contribution in [0.5, 0.6) is 0 Å². The molecule has 1 aliphatic heterocycles. The number of amides is 1. The van der Waals surface area contributed by atoms with E-state index in [1.54, 1.807) is 4.90 Å². The van der Waals surface area contributed by atoms with Crippen molar-refractivity contribution in [1.29, 1.82) is 0 Å². The zero-order valence-electron chi connectivity index (χ0n) is 37.0. The molecule has 3 atom stereocenters. The highest BCUT2D eigenvalue weighted by Gasteiger charge is 2.51. The van der Waals surface area contributed by atoms with Gasteiger partial charge in [0.05, 0.1) is 12.2 Å².